The first-order valence-electron chi connectivity index (χ1n) is 24.1. The average molecular weight is 790 g/mol. The molecule has 5 aromatic rings. The monoisotopic (exact) mass is 789 g/mol. The van der Waals surface area contributed by atoms with E-state index < -0.39 is 0 Å². The molecular formula is C58H63NO. The zero-order valence-electron chi connectivity index (χ0n) is 36.5. The SMILES string of the molecule is CC1(C)CCC(C)(C)c2cc(-c3ccc(N(c4ccc(C56CC7CC(CC(C7)C5)C6)cc4)c4ccc5c(c4)C4(c6ccccc6O5)C5CC6CC(C5)CC4C6)cc3)ccc21. The molecule has 0 aromatic heterocycles. The molecule has 2 nitrogen and oxygen atoms in total. The van der Waals surface area contributed by atoms with Gasteiger partial charge >= 0.3 is 0 Å². The third-order valence-corrected chi connectivity index (χ3v) is 18.7. The van der Waals surface area contributed by atoms with Crippen LogP contribution in [0.3, 0.4) is 0 Å². The molecule has 0 N–H and O–H groups in total. The van der Waals surface area contributed by atoms with Crippen molar-refractivity contribution in [3.63, 3.8) is 0 Å². The number of benzene rings is 5. The van der Waals surface area contributed by atoms with Crippen molar-refractivity contribution in [1.29, 1.82) is 0 Å². The molecular weight excluding hydrogens is 727 g/mol. The summed E-state index contributed by atoms with van der Waals surface area (Å²) in [6.45, 7) is 9.73. The first-order valence-corrected chi connectivity index (χ1v) is 24.1. The lowest BCUT2D eigenvalue weighted by molar-refractivity contribution is -0.0452. The van der Waals surface area contributed by atoms with Crippen LogP contribution < -0.4 is 9.64 Å². The first kappa shape index (κ1) is 36.4. The Morgan fingerprint density at radius 3 is 1.63 bits per heavy atom. The number of anilines is 3. The lowest BCUT2D eigenvalue weighted by Gasteiger charge is -2.63. The van der Waals surface area contributed by atoms with Crippen molar-refractivity contribution in [1.82, 2.24) is 0 Å². The third kappa shape index (κ3) is 5.24. The van der Waals surface area contributed by atoms with Crippen LogP contribution in [0.1, 0.15) is 139 Å². The number of nitrogens with zero attached hydrogens (tertiary/aromatic N) is 1. The van der Waals surface area contributed by atoms with Crippen LogP contribution in [-0.2, 0) is 21.7 Å². The maximum absolute atomic E-state index is 6.90. The second kappa shape index (κ2) is 12.6. The largest absolute Gasteiger partial charge is 0.457 e. The Bertz CT molecular complexity index is 2460. The molecule has 9 aliphatic carbocycles. The summed E-state index contributed by atoms with van der Waals surface area (Å²) in [6, 6.07) is 43.3. The van der Waals surface area contributed by atoms with Gasteiger partial charge in [0.25, 0.3) is 0 Å². The average Bonchev–Trinajstić information content (AvgIpc) is 3.24. The van der Waals surface area contributed by atoms with Crippen molar-refractivity contribution < 1.29 is 4.74 Å². The molecule has 0 radical (unpaired) electrons. The van der Waals surface area contributed by atoms with Crippen molar-refractivity contribution in [3.8, 4) is 22.6 Å². The fourth-order valence-corrected chi connectivity index (χ4v) is 16.5. The molecule has 1 heterocycles. The van der Waals surface area contributed by atoms with Crippen LogP contribution in [0.25, 0.3) is 11.1 Å². The summed E-state index contributed by atoms with van der Waals surface area (Å²) in [5, 5.41) is 0. The zero-order valence-corrected chi connectivity index (χ0v) is 36.5. The van der Waals surface area contributed by atoms with Gasteiger partial charge in [0.05, 0.1) is 0 Å². The molecule has 8 saturated carbocycles. The van der Waals surface area contributed by atoms with E-state index >= 15 is 0 Å². The van der Waals surface area contributed by atoms with E-state index in [9.17, 15) is 0 Å². The lowest BCUT2D eigenvalue weighted by atomic mass is 9.42. The van der Waals surface area contributed by atoms with Crippen LogP contribution in [0.2, 0.25) is 0 Å². The molecule has 306 valence electrons. The fourth-order valence-electron chi connectivity index (χ4n) is 16.5. The molecule has 15 rings (SSSR count). The molecule has 2 heteroatoms. The summed E-state index contributed by atoms with van der Waals surface area (Å²) in [7, 11) is 0. The van der Waals surface area contributed by atoms with E-state index in [4.69, 9.17) is 4.74 Å². The predicted molar refractivity (Wildman–Crippen MR) is 246 cm³/mol. The summed E-state index contributed by atoms with van der Waals surface area (Å²) >= 11 is 0. The lowest BCUT2D eigenvalue weighted by Crippen LogP contribution is -2.57. The van der Waals surface area contributed by atoms with E-state index in [1.807, 2.05) is 0 Å². The van der Waals surface area contributed by atoms with Crippen molar-refractivity contribution in [2.24, 2.45) is 41.4 Å². The van der Waals surface area contributed by atoms with Gasteiger partial charge in [-0.1, -0.05) is 88.4 Å². The highest BCUT2D eigenvalue weighted by Gasteiger charge is 2.61. The van der Waals surface area contributed by atoms with Gasteiger partial charge < -0.3 is 9.64 Å². The molecule has 60 heavy (non-hydrogen) atoms. The summed E-state index contributed by atoms with van der Waals surface area (Å²) in [5.74, 6) is 8.14. The van der Waals surface area contributed by atoms with Gasteiger partial charge in [0, 0.05) is 33.6 Å². The van der Waals surface area contributed by atoms with E-state index in [0.717, 1.165) is 41.1 Å². The predicted octanol–water partition coefficient (Wildman–Crippen LogP) is 15.5. The van der Waals surface area contributed by atoms with Crippen molar-refractivity contribution >= 4 is 17.1 Å². The summed E-state index contributed by atoms with van der Waals surface area (Å²) in [6.07, 6.45) is 18.0. The molecule has 1 spiro atoms. The van der Waals surface area contributed by atoms with Crippen LogP contribution in [0.5, 0.6) is 11.5 Å². The number of hydrogen-bond acceptors (Lipinski definition) is 2. The van der Waals surface area contributed by atoms with Gasteiger partial charge in [-0.25, -0.2) is 0 Å². The maximum atomic E-state index is 6.90. The topological polar surface area (TPSA) is 12.5 Å². The number of fused-ring (bicyclic) bond motifs is 3. The summed E-state index contributed by atoms with van der Waals surface area (Å²) in [4.78, 5) is 2.57. The summed E-state index contributed by atoms with van der Waals surface area (Å²) < 4.78 is 6.90. The highest BCUT2D eigenvalue weighted by Crippen LogP contribution is 2.69. The highest BCUT2D eigenvalue weighted by atomic mass is 16.5. The normalized spacial score (nSPS) is 34.2. The number of hydrogen-bond donors (Lipinski definition) is 0. The smallest absolute Gasteiger partial charge is 0.131 e. The van der Waals surface area contributed by atoms with Crippen LogP contribution in [0.15, 0.2) is 109 Å². The second-order valence-corrected chi connectivity index (χ2v) is 23.1. The van der Waals surface area contributed by atoms with Crippen LogP contribution in [-0.4, -0.2) is 0 Å². The van der Waals surface area contributed by atoms with Crippen LogP contribution >= 0.6 is 0 Å². The number of para-hydroxylation sites is 1. The van der Waals surface area contributed by atoms with Crippen LogP contribution in [0, 0.1) is 41.4 Å². The van der Waals surface area contributed by atoms with Gasteiger partial charge in [0.2, 0.25) is 0 Å². The molecule has 8 bridgehead atoms. The van der Waals surface area contributed by atoms with E-state index in [2.05, 4.69) is 142 Å². The molecule has 0 saturated heterocycles. The van der Waals surface area contributed by atoms with Crippen molar-refractivity contribution in [2.45, 2.75) is 133 Å². The quantitative estimate of drug-likeness (QED) is 0.176. The van der Waals surface area contributed by atoms with Gasteiger partial charge in [-0.3, -0.25) is 0 Å². The van der Waals surface area contributed by atoms with Gasteiger partial charge in [0.1, 0.15) is 11.5 Å². The van der Waals surface area contributed by atoms with E-state index in [0.29, 0.717) is 17.3 Å². The van der Waals surface area contributed by atoms with Crippen LogP contribution in [0.4, 0.5) is 17.1 Å². The number of ether oxygens (including phenoxy) is 1. The van der Waals surface area contributed by atoms with Gasteiger partial charge in [-0.2, -0.15) is 0 Å². The third-order valence-electron chi connectivity index (χ3n) is 18.7. The standard InChI is InChI=1S/C58H63NO/c1-55(2)21-22-56(3,4)51-31-42(11-19-49(51)55)41-9-14-46(15-10-41)59(47-16-12-43(13-17-47)57-33-38-24-39(34-57)26-40(25-38)35-57)48-18-20-54-52(32-48)58(50-7-5-6-8-53(50)60-54)44-27-36-23-37(29-44)30-45(58)28-36/h5-20,31-32,36-40,44-45H,21-30,33-35H2,1-4H3. The Morgan fingerprint density at radius 2 is 0.983 bits per heavy atom. The zero-order chi connectivity index (χ0) is 40.2. The minimum atomic E-state index is 0.0142. The van der Waals surface area contributed by atoms with Gasteiger partial charge in [-0.05, 0) is 217 Å². The first-order chi connectivity index (χ1) is 29.0. The molecule has 0 amide bonds. The van der Waals surface area contributed by atoms with Gasteiger partial charge in [0.15, 0.2) is 0 Å². The molecule has 5 aromatic carbocycles. The van der Waals surface area contributed by atoms with E-state index in [-0.39, 0.29) is 16.2 Å². The number of rotatable bonds is 5. The Balaban J connectivity index is 0.930. The second-order valence-electron chi connectivity index (χ2n) is 23.1. The Labute approximate surface area is 359 Å². The van der Waals surface area contributed by atoms with E-state index in [1.165, 1.54) is 134 Å². The molecule has 0 atom stereocenters. The Morgan fingerprint density at radius 1 is 0.450 bits per heavy atom. The summed E-state index contributed by atoms with van der Waals surface area (Å²) in [5.41, 5.74) is 14.7. The van der Waals surface area contributed by atoms with Crippen molar-refractivity contribution in [2.75, 3.05) is 4.90 Å². The van der Waals surface area contributed by atoms with E-state index in [1.54, 1.807) is 5.56 Å². The molecule has 8 fully saturated rings. The molecule has 1 aliphatic heterocycles. The minimum Gasteiger partial charge on any atom is -0.457 e. The Kier molecular flexibility index (Phi) is 7.66. The fraction of sp³-hybridized carbons (Fsp3) is 0.483. The van der Waals surface area contributed by atoms with Crippen molar-refractivity contribution in [3.05, 3.63) is 137 Å². The maximum Gasteiger partial charge on any atom is 0.131 e. The minimum absolute atomic E-state index is 0.0142. The van der Waals surface area contributed by atoms with Gasteiger partial charge in [-0.15, -0.1) is 0 Å². The molecule has 0 unspecified atom stereocenters. The Hall–Kier alpha value is -4.30. The molecule has 10 aliphatic rings. The highest BCUT2D eigenvalue weighted by molar-refractivity contribution is 5.80.